The molecule has 2 nitrogen and oxygen atoms in total. The van der Waals surface area contributed by atoms with Crippen LogP contribution in [0.3, 0.4) is 0 Å². The first-order valence-corrected chi connectivity index (χ1v) is 6.58. The van der Waals surface area contributed by atoms with Crippen LogP contribution in [0.4, 0.5) is 0 Å². The quantitative estimate of drug-likeness (QED) is 0.647. The smallest absolute Gasteiger partial charge is 0.136 e. The van der Waals surface area contributed by atoms with Gasteiger partial charge in [-0.25, -0.2) is 0 Å². The maximum atomic E-state index is 11.7. The van der Waals surface area contributed by atoms with Crippen LogP contribution in [0.25, 0.3) is 0 Å². The second-order valence-corrected chi connectivity index (χ2v) is 4.51. The van der Waals surface area contributed by atoms with Crippen molar-refractivity contribution in [3.63, 3.8) is 0 Å². The highest BCUT2D eigenvalue weighted by Gasteiger charge is 2.18. The number of hydrogen-bond donors (Lipinski definition) is 2. The molecule has 0 saturated heterocycles. The third-order valence-electron chi connectivity index (χ3n) is 2.70. The zero-order valence-electron chi connectivity index (χ0n) is 9.40. The van der Waals surface area contributed by atoms with Gasteiger partial charge in [0.25, 0.3) is 0 Å². The molecule has 88 valence electrons. The number of carbonyl (C=O) groups excluding carboxylic acids is 2. The third-order valence-corrected chi connectivity index (χ3v) is 3.58. The van der Waals surface area contributed by atoms with Gasteiger partial charge in [0.15, 0.2) is 0 Å². The van der Waals surface area contributed by atoms with Crippen molar-refractivity contribution < 1.29 is 9.59 Å². The number of thiol groups is 2. The number of carbonyl (C=O) groups is 2. The van der Waals surface area contributed by atoms with Crippen LogP contribution < -0.4 is 0 Å². The number of rotatable bonds is 8. The average Bonchev–Trinajstić information content (AvgIpc) is 2.20. The molecule has 0 aliphatic rings. The molecule has 0 spiro atoms. The van der Waals surface area contributed by atoms with Crippen molar-refractivity contribution in [1.29, 1.82) is 0 Å². The summed E-state index contributed by atoms with van der Waals surface area (Å²) in [5.74, 6) is 1.44. The van der Waals surface area contributed by atoms with Crippen LogP contribution in [-0.2, 0) is 9.59 Å². The van der Waals surface area contributed by atoms with Crippen molar-refractivity contribution >= 4 is 36.8 Å². The summed E-state index contributed by atoms with van der Waals surface area (Å²) in [5, 5.41) is 0. The maximum absolute atomic E-state index is 11.7. The van der Waals surface area contributed by atoms with E-state index in [1.807, 2.05) is 6.92 Å². The lowest BCUT2D eigenvalue weighted by Gasteiger charge is -2.13. The lowest BCUT2D eigenvalue weighted by Crippen LogP contribution is -2.19. The van der Waals surface area contributed by atoms with E-state index in [2.05, 4.69) is 25.3 Å². The third kappa shape index (κ3) is 5.61. The molecule has 0 heterocycles. The van der Waals surface area contributed by atoms with Gasteiger partial charge in [0.1, 0.15) is 11.6 Å². The van der Waals surface area contributed by atoms with E-state index >= 15 is 0 Å². The highest BCUT2D eigenvalue weighted by Crippen LogP contribution is 2.15. The highest BCUT2D eigenvalue weighted by molar-refractivity contribution is 7.80. The van der Waals surface area contributed by atoms with E-state index in [1.54, 1.807) is 6.92 Å². The minimum absolute atomic E-state index is 0.0425. The molecule has 0 aromatic rings. The van der Waals surface area contributed by atoms with Gasteiger partial charge in [0.2, 0.25) is 0 Å². The molecule has 0 rings (SSSR count). The van der Waals surface area contributed by atoms with Gasteiger partial charge in [-0.05, 0) is 31.3 Å². The first kappa shape index (κ1) is 15.0. The Morgan fingerprint density at radius 3 is 2.00 bits per heavy atom. The Balaban J connectivity index is 4.02. The summed E-state index contributed by atoms with van der Waals surface area (Å²) in [6.07, 6.45) is 1.93. The first-order valence-electron chi connectivity index (χ1n) is 5.31. The molecule has 0 saturated carbocycles. The Bertz CT molecular complexity index is 213. The Labute approximate surface area is 103 Å². The van der Waals surface area contributed by atoms with E-state index < -0.39 is 0 Å². The molecule has 0 amide bonds. The fourth-order valence-corrected chi connectivity index (χ4v) is 2.30. The average molecular weight is 248 g/mol. The van der Waals surface area contributed by atoms with Gasteiger partial charge >= 0.3 is 0 Å². The summed E-state index contributed by atoms with van der Waals surface area (Å²) in [6, 6.07) is 0. The van der Waals surface area contributed by atoms with Crippen molar-refractivity contribution in [3.8, 4) is 0 Å². The molecule has 0 bridgehead atoms. The Morgan fingerprint density at radius 2 is 1.67 bits per heavy atom. The molecule has 4 heteroatoms. The largest absolute Gasteiger partial charge is 0.300 e. The summed E-state index contributed by atoms with van der Waals surface area (Å²) in [6.45, 7) is 3.54. The van der Waals surface area contributed by atoms with Crippen molar-refractivity contribution in [2.45, 2.75) is 33.1 Å². The van der Waals surface area contributed by atoms with Gasteiger partial charge in [0, 0.05) is 18.3 Å². The second kappa shape index (κ2) is 8.22. The molecular formula is C11H20O2S2. The van der Waals surface area contributed by atoms with Crippen LogP contribution in [0, 0.1) is 11.8 Å². The van der Waals surface area contributed by atoms with Crippen LogP contribution in [0.15, 0.2) is 0 Å². The molecule has 0 aromatic carbocycles. The molecule has 0 fully saturated rings. The number of Topliss-reactive ketones (excluding diaryl/α,β-unsaturated/α-hetero) is 2. The fourth-order valence-electron chi connectivity index (χ4n) is 1.40. The minimum atomic E-state index is -0.0743. The monoisotopic (exact) mass is 248 g/mol. The molecule has 2 atom stereocenters. The Morgan fingerprint density at radius 1 is 1.13 bits per heavy atom. The molecule has 0 aliphatic carbocycles. The molecular weight excluding hydrogens is 228 g/mol. The molecule has 0 aromatic heterocycles. The molecule has 2 unspecified atom stereocenters. The molecule has 0 radical (unpaired) electrons. The zero-order valence-corrected chi connectivity index (χ0v) is 11.2. The number of ketones is 2. The van der Waals surface area contributed by atoms with Gasteiger partial charge in [-0.2, -0.15) is 25.3 Å². The standard InChI is InChI=1S/C11H20O2S2/c1-3-9(6-14)11(13)5-4-10(7-15)8(2)12/h9-10,14-15H,3-7H2,1-2H3. The van der Waals surface area contributed by atoms with Gasteiger partial charge in [0.05, 0.1) is 0 Å². The predicted molar refractivity (Wildman–Crippen MR) is 69.9 cm³/mol. The van der Waals surface area contributed by atoms with Gasteiger partial charge < -0.3 is 0 Å². The summed E-state index contributed by atoms with van der Waals surface area (Å²) in [4.78, 5) is 22.8. The predicted octanol–water partition coefficient (Wildman–Crippen LogP) is 2.43. The molecule has 0 aliphatic heterocycles. The summed E-state index contributed by atoms with van der Waals surface area (Å²) in [7, 11) is 0. The van der Waals surface area contributed by atoms with Crippen molar-refractivity contribution in [2.75, 3.05) is 11.5 Å². The van der Waals surface area contributed by atoms with Gasteiger partial charge in [-0.1, -0.05) is 6.92 Å². The first-order chi connectivity index (χ1) is 7.06. The van der Waals surface area contributed by atoms with E-state index in [9.17, 15) is 9.59 Å². The van der Waals surface area contributed by atoms with Crippen LogP contribution in [-0.4, -0.2) is 23.1 Å². The Kier molecular flexibility index (Phi) is 8.24. The van der Waals surface area contributed by atoms with Crippen LogP contribution in [0.5, 0.6) is 0 Å². The molecule has 15 heavy (non-hydrogen) atoms. The van der Waals surface area contributed by atoms with E-state index in [0.717, 1.165) is 6.42 Å². The van der Waals surface area contributed by atoms with Crippen LogP contribution >= 0.6 is 25.3 Å². The van der Waals surface area contributed by atoms with Crippen LogP contribution in [0.1, 0.15) is 33.1 Å². The van der Waals surface area contributed by atoms with Gasteiger partial charge in [-0.3, -0.25) is 9.59 Å². The van der Waals surface area contributed by atoms with E-state index in [4.69, 9.17) is 0 Å². The maximum Gasteiger partial charge on any atom is 0.136 e. The van der Waals surface area contributed by atoms with Crippen molar-refractivity contribution in [2.24, 2.45) is 11.8 Å². The van der Waals surface area contributed by atoms with E-state index in [0.29, 0.717) is 24.3 Å². The lowest BCUT2D eigenvalue weighted by atomic mass is 9.94. The van der Waals surface area contributed by atoms with Crippen molar-refractivity contribution in [1.82, 2.24) is 0 Å². The topological polar surface area (TPSA) is 34.1 Å². The SMILES string of the molecule is CCC(CS)C(=O)CCC(CS)C(C)=O. The number of hydrogen-bond acceptors (Lipinski definition) is 4. The minimum Gasteiger partial charge on any atom is -0.300 e. The summed E-state index contributed by atoms with van der Waals surface area (Å²) in [5.41, 5.74) is 0. The Hall–Kier alpha value is 0.0400. The normalized spacial score (nSPS) is 14.7. The fraction of sp³-hybridized carbons (Fsp3) is 0.818. The van der Waals surface area contributed by atoms with Gasteiger partial charge in [-0.15, -0.1) is 0 Å². The highest BCUT2D eigenvalue weighted by atomic mass is 32.1. The summed E-state index contributed by atoms with van der Waals surface area (Å²) >= 11 is 8.25. The van der Waals surface area contributed by atoms with Crippen LogP contribution in [0.2, 0.25) is 0 Å². The van der Waals surface area contributed by atoms with E-state index in [-0.39, 0.29) is 23.4 Å². The van der Waals surface area contributed by atoms with Crippen molar-refractivity contribution in [3.05, 3.63) is 0 Å². The zero-order chi connectivity index (χ0) is 11.8. The summed E-state index contributed by atoms with van der Waals surface area (Å²) < 4.78 is 0. The second-order valence-electron chi connectivity index (χ2n) is 3.78. The lowest BCUT2D eigenvalue weighted by molar-refractivity contribution is -0.123. The van der Waals surface area contributed by atoms with E-state index in [1.165, 1.54) is 0 Å². The molecule has 0 N–H and O–H groups in total.